The molecule has 8 heteroatoms. The van der Waals surface area contributed by atoms with Gasteiger partial charge < -0.3 is 5.32 Å². The maximum Gasteiger partial charge on any atom is 0.267 e. The van der Waals surface area contributed by atoms with Crippen LogP contribution in [0, 0.1) is 13.8 Å². The molecule has 0 aliphatic rings. The number of nitrogens with one attached hydrogen (secondary N) is 1. The molecule has 0 aliphatic heterocycles. The second-order valence-electron chi connectivity index (χ2n) is 9.02. The van der Waals surface area contributed by atoms with Gasteiger partial charge in [-0.3, -0.25) is 14.0 Å². The Hall–Kier alpha value is -3.13. The number of carbonyl (C=O) groups excluding carboxylic acids is 1. The molecule has 166 valence electrons. The van der Waals surface area contributed by atoms with E-state index in [1.54, 1.807) is 4.57 Å². The molecule has 2 aromatic carbocycles. The molecule has 0 radical (unpaired) electrons. The van der Waals surface area contributed by atoms with Crippen molar-refractivity contribution in [3.05, 3.63) is 63.9 Å². The number of nitrogens with zero attached hydrogens (tertiary/aromatic N) is 4. The topological polar surface area (TPSA) is 81.3 Å². The number of thioether (sulfide) groups is 1. The Labute approximate surface area is 190 Å². The smallest absolute Gasteiger partial charge is 0.267 e. The van der Waals surface area contributed by atoms with E-state index in [0.29, 0.717) is 21.8 Å². The van der Waals surface area contributed by atoms with Crippen LogP contribution in [0.3, 0.4) is 0 Å². The number of aryl methyl sites for hydroxylation is 2. The fraction of sp³-hybridized carbons (Fsp3) is 0.333. The Morgan fingerprint density at radius 2 is 1.69 bits per heavy atom. The van der Waals surface area contributed by atoms with Gasteiger partial charge in [0.2, 0.25) is 11.7 Å². The zero-order valence-electron chi connectivity index (χ0n) is 19.1. The predicted molar refractivity (Wildman–Crippen MR) is 129 cm³/mol. The van der Waals surface area contributed by atoms with Gasteiger partial charge in [-0.05, 0) is 64.8 Å². The lowest BCUT2D eigenvalue weighted by Gasteiger charge is -2.22. The number of hydrogen-bond donors (Lipinski definition) is 1. The molecule has 0 spiro atoms. The van der Waals surface area contributed by atoms with Gasteiger partial charge in [0.15, 0.2) is 5.16 Å². The Bertz CT molecular complexity index is 1380. The molecule has 0 bridgehead atoms. The minimum atomic E-state index is -0.388. The van der Waals surface area contributed by atoms with E-state index < -0.39 is 0 Å². The van der Waals surface area contributed by atoms with Crippen molar-refractivity contribution in [3.8, 4) is 5.69 Å². The standard InChI is InChI=1S/C24H27N5O2S/c1-14-10-9-11-15(2)19(14)29-21(31)17-12-7-8-13-18(17)28-22(29)26-27-23(28)32-16(3)20(30)25-24(4,5)6/h7-13,16H,1-6H3,(H,25,30). The Balaban J connectivity index is 1.95. The van der Waals surface area contributed by atoms with Crippen LogP contribution in [0.2, 0.25) is 0 Å². The van der Waals surface area contributed by atoms with Gasteiger partial charge in [0, 0.05) is 5.54 Å². The molecule has 1 unspecified atom stereocenters. The molecular formula is C24H27N5O2S. The highest BCUT2D eigenvalue weighted by Crippen LogP contribution is 2.28. The number of carbonyl (C=O) groups is 1. The van der Waals surface area contributed by atoms with Crippen molar-refractivity contribution in [2.24, 2.45) is 0 Å². The van der Waals surface area contributed by atoms with Crippen LogP contribution in [-0.2, 0) is 4.79 Å². The van der Waals surface area contributed by atoms with E-state index >= 15 is 0 Å². The fourth-order valence-corrected chi connectivity index (χ4v) is 4.65. The fourth-order valence-electron chi connectivity index (χ4n) is 3.80. The summed E-state index contributed by atoms with van der Waals surface area (Å²) in [4.78, 5) is 26.2. The molecule has 4 aromatic rings. The first kappa shape index (κ1) is 22.1. The highest BCUT2D eigenvalue weighted by Gasteiger charge is 2.24. The summed E-state index contributed by atoms with van der Waals surface area (Å²) < 4.78 is 3.50. The van der Waals surface area contributed by atoms with Gasteiger partial charge in [-0.15, -0.1) is 10.2 Å². The van der Waals surface area contributed by atoms with Crippen LogP contribution in [-0.4, -0.2) is 35.9 Å². The summed E-state index contributed by atoms with van der Waals surface area (Å²) in [5, 5.41) is 12.5. The first-order valence-electron chi connectivity index (χ1n) is 10.5. The number of amides is 1. The molecule has 2 aromatic heterocycles. The normalized spacial score (nSPS) is 12.9. The van der Waals surface area contributed by atoms with Gasteiger partial charge in [-0.2, -0.15) is 0 Å². The molecule has 2 heterocycles. The van der Waals surface area contributed by atoms with E-state index in [4.69, 9.17) is 0 Å². The summed E-state index contributed by atoms with van der Waals surface area (Å²) in [6.07, 6.45) is 0. The number of fused-ring (bicyclic) bond motifs is 3. The summed E-state index contributed by atoms with van der Waals surface area (Å²) in [5.41, 5.74) is 2.99. The van der Waals surface area contributed by atoms with Crippen LogP contribution < -0.4 is 10.9 Å². The molecule has 7 nitrogen and oxygen atoms in total. The number of benzene rings is 2. The van der Waals surface area contributed by atoms with Gasteiger partial charge in [0.05, 0.1) is 21.8 Å². The van der Waals surface area contributed by atoms with Crippen molar-refractivity contribution < 1.29 is 4.79 Å². The number of para-hydroxylation sites is 2. The summed E-state index contributed by atoms with van der Waals surface area (Å²) in [7, 11) is 0. The predicted octanol–water partition coefficient (Wildman–Crippen LogP) is 4.05. The zero-order valence-corrected chi connectivity index (χ0v) is 19.9. The maximum absolute atomic E-state index is 13.6. The Morgan fingerprint density at radius 1 is 1.03 bits per heavy atom. The molecular weight excluding hydrogens is 422 g/mol. The molecule has 0 saturated heterocycles. The molecule has 32 heavy (non-hydrogen) atoms. The van der Waals surface area contributed by atoms with E-state index in [9.17, 15) is 9.59 Å². The molecule has 1 amide bonds. The van der Waals surface area contributed by atoms with Crippen LogP contribution in [0.25, 0.3) is 22.4 Å². The number of aromatic nitrogens is 4. The minimum absolute atomic E-state index is 0.0772. The van der Waals surface area contributed by atoms with Crippen LogP contribution in [0.4, 0.5) is 0 Å². The van der Waals surface area contributed by atoms with Crippen molar-refractivity contribution in [2.75, 3.05) is 0 Å². The quantitative estimate of drug-likeness (QED) is 0.476. The van der Waals surface area contributed by atoms with Crippen LogP contribution in [0.15, 0.2) is 52.4 Å². The minimum Gasteiger partial charge on any atom is -0.351 e. The largest absolute Gasteiger partial charge is 0.351 e. The monoisotopic (exact) mass is 449 g/mol. The summed E-state index contributed by atoms with van der Waals surface area (Å²) in [5.74, 6) is 0.351. The van der Waals surface area contributed by atoms with Crippen molar-refractivity contribution >= 4 is 34.3 Å². The van der Waals surface area contributed by atoms with Gasteiger partial charge in [-0.1, -0.05) is 42.1 Å². The molecule has 4 rings (SSSR count). The van der Waals surface area contributed by atoms with Crippen molar-refractivity contribution in [1.29, 1.82) is 0 Å². The van der Waals surface area contributed by atoms with Gasteiger partial charge in [0.25, 0.3) is 5.56 Å². The van der Waals surface area contributed by atoms with Gasteiger partial charge >= 0.3 is 0 Å². The first-order chi connectivity index (χ1) is 15.1. The highest BCUT2D eigenvalue weighted by atomic mass is 32.2. The zero-order chi connectivity index (χ0) is 23.2. The van der Waals surface area contributed by atoms with Crippen LogP contribution in [0.1, 0.15) is 38.8 Å². The summed E-state index contributed by atoms with van der Waals surface area (Å²) in [6, 6.07) is 13.3. The summed E-state index contributed by atoms with van der Waals surface area (Å²) >= 11 is 1.32. The SMILES string of the molecule is Cc1cccc(C)c1-n1c(=O)c2ccccc2n2c(SC(C)C(=O)NC(C)(C)C)nnc12. The van der Waals surface area contributed by atoms with E-state index in [1.165, 1.54) is 11.8 Å². The first-order valence-corrected chi connectivity index (χ1v) is 11.4. The maximum atomic E-state index is 13.6. The Kier molecular flexibility index (Phi) is 5.58. The van der Waals surface area contributed by atoms with Crippen molar-refractivity contribution in [2.45, 2.75) is 57.5 Å². The molecule has 0 aliphatic carbocycles. The van der Waals surface area contributed by atoms with E-state index in [-0.39, 0.29) is 22.3 Å². The third-order valence-corrected chi connectivity index (χ3v) is 6.25. The van der Waals surface area contributed by atoms with E-state index in [2.05, 4.69) is 15.5 Å². The second kappa shape index (κ2) is 8.09. The average Bonchev–Trinajstić information content (AvgIpc) is 3.12. The highest BCUT2D eigenvalue weighted by molar-refractivity contribution is 8.00. The lowest BCUT2D eigenvalue weighted by Crippen LogP contribution is -2.44. The average molecular weight is 450 g/mol. The van der Waals surface area contributed by atoms with Crippen molar-refractivity contribution in [1.82, 2.24) is 24.5 Å². The third kappa shape index (κ3) is 3.90. The molecule has 0 fully saturated rings. The molecule has 1 atom stereocenters. The summed E-state index contributed by atoms with van der Waals surface area (Å²) in [6.45, 7) is 11.6. The van der Waals surface area contributed by atoms with Crippen LogP contribution >= 0.6 is 11.8 Å². The van der Waals surface area contributed by atoms with Gasteiger partial charge in [-0.25, -0.2) is 4.57 Å². The van der Waals surface area contributed by atoms with Gasteiger partial charge in [0.1, 0.15) is 0 Å². The lowest BCUT2D eigenvalue weighted by molar-refractivity contribution is -0.121. The van der Waals surface area contributed by atoms with Crippen molar-refractivity contribution in [3.63, 3.8) is 0 Å². The Morgan fingerprint density at radius 3 is 2.34 bits per heavy atom. The second-order valence-corrected chi connectivity index (χ2v) is 10.3. The third-order valence-electron chi connectivity index (χ3n) is 5.21. The number of rotatable bonds is 4. The van der Waals surface area contributed by atoms with Crippen LogP contribution in [0.5, 0.6) is 0 Å². The molecule has 0 saturated carbocycles. The number of hydrogen-bond acceptors (Lipinski definition) is 5. The van der Waals surface area contributed by atoms with E-state index in [1.807, 2.05) is 88.4 Å². The molecule has 1 N–H and O–H groups in total. The lowest BCUT2D eigenvalue weighted by atomic mass is 10.1. The van der Waals surface area contributed by atoms with E-state index in [0.717, 1.165) is 16.8 Å².